The molecule has 3 atom stereocenters. The van der Waals surface area contributed by atoms with Gasteiger partial charge < -0.3 is 14.4 Å². The highest BCUT2D eigenvalue weighted by molar-refractivity contribution is 6.31. The largest absolute Gasteiger partial charge is 0.495 e. The summed E-state index contributed by atoms with van der Waals surface area (Å²) in [5, 5.41) is 0.449. The summed E-state index contributed by atoms with van der Waals surface area (Å²) in [6.45, 7) is 0.139. The number of hydrogen-bond donors (Lipinski definition) is 0. The third-order valence-electron chi connectivity index (χ3n) is 6.71. The molecule has 9 heteroatoms. The second-order valence-electron chi connectivity index (χ2n) is 8.80. The first-order valence-corrected chi connectivity index (χ1v) is 11.7. The molecule has 35 heavy (non-hydrogen) atoms. The Bertz CT molecular complexity index is 1210. The lowest BCUT2D eigenvalue weighted by Gasteiger charge is -2.19. The van der Waals surface area contributed by atoms with E-state index in [4.69, 9.17) is 21.1 Å². The first-order chi connectivity index (χ1) is 16.9. The molecular weight excluding hydrogens is 472 g/mol. The smallest absolute Gasteiger partial charge is 0.316 e. The molecule has 2 saturated heterocycles. The molecule has 0 spiro atoms. The predicted octanol–water partition coefficient (Wildman–Crippen LogP) is 3.76. The zero-order valence-corrected chi connectivity index (χ0v) is 19.7. The summed E-state index contributed by atoms with van der Waals surface area (Å²) in [6, 6.07) is 11.2. The second kappa shape index (κ2) is 9.19. The molecule has 2 aromatic rings. The average Bonchev–Trinajstić information content (AvgIpc) is 3.37. The van der Waals surface area contributed by atoms with Gasteiger partial charge in [-0.2, -0.15) is 0 Å². The number of halogens is 1. The number of nitrogens with zero attached hydrogens (tertiary/aromatic N) is 2. The number of allylic oxidation sites excluding steroid dienone is 2. The topological polar surface area (TPSA) is 93.2 Å². The number of fused-ring (bicyclic) bond motifs is 1. The lowest BCUT2D eigenvalue weighted by Crippen LogP contribution is -2.30. The average molecular weight is 495 g/mol. The van der Waals surface area contributed by atoms with Gasteiger partial charge >= 0.3 is 5.97 Å². The number of hydrogen-bond acceptors (Lipinski definition) is 6. The summed E-state index contributed by atoms with van der Waals surface area (Å²) in [7, 11) is 1.50. The van der Waals surface area contributed by atoms with E-state index >= 15 is 0 Å². The van der Waals surface area contributed by atoms with Crippen LogP contribution < -0.4 is 19.3 Å². The summed E-state index contributed by atoms with van der Waals surface area (Å²) in [4.78, 5) is 53.6. The van der Waals surface area contributed by atoms with Crippen molar-refractivity contribution >= 4 is 46.7 Å². The molecule has 0 aromatic heterocycles. The van der Waals surface area contributed by atoms with Crippen LogP contribution >= 0.6 is 11.6 Å². The first-order valence-electron chi connectivity index (χ1n) is 11.4. The number of carbonyl (C=O) groups excluding carboxylic acids is 4. The Morgan fingerprint density at radius 3 is 2.26 bits per heavy atom. The maximum Gasteiger partial charge on any atom is 0.316 e. The Labute approximate surface area is 207 Å². The van der Waals surface area contributed by atoms with Crippen LogP contribution in [0.15, 0.2) is 54.6 Å². The molecule has 2 heterocycles. The van der Waals surface area contributed by atoms with Gasteiger partial charge in [0.2, 0.25) is 17.7 Å². The van der Waals surface area contributed by atoms with Crippen molar-refractivity contribution in [3.63, 3.8) is 0 Å². The minimum atomic E-state index is -0.664. The van der Waals surface area contributed by atoms with Crippen molar-refractivity contribution in [2.45, 2.75) is 19.3 Å². The van der Waals surface area contributed by atoms with Gasteiger partial charge in [-0.15, -0.1) is 0 Å². The minimum Gasteiger partial charge on any atom is -0.495 e. The first kappa shape index (κ1) is 23.1. The molecular formula is C26H23ClN2O6. The van der Waals surface area contributed by atoms with Gasteiger partial charge in [0.25, 0.3) is 0 Å². The standard InChI is InChI=1S/C26H23ClN2O6/c1-34-22-11-6-16(27)13-21(22)28-14-15(12-23(28)30)26(33)35-18-9-7-17(8-10-18)29-24(31)19-4-2-3-5-20(19)25(29)32/h2-3,6-11,13,15,19-20H,4-5,12,14H2,1H3/t15-,19-,20+/m1/s1. The van der Waals surface area contributed by atoms with Gasteiger partial charge in [0.1, 0.15) is 11.5 Å². The Kier molecular flexibility index (Phi) is 6.06. The highest BCUT2D eigenvalue weighted by Gasteiger charge is 2.47. The van der Waals surface area contributed by atoms with Gasteiger partial charge in [-0.25, -0.2) is 0 Å². The van der Waals surface area contributed by atoms with Crippen LogP contribution in [0.2, 0.25) is 5.02 Å². The van der Waals surface area contributed by atoms with Gasteiger partial charge in [0, 0.05) is 18.0 Å². The van der Waals surface area contributed by atoms with Crippen LogP contribution in [-0.4, -0.2) is 37.3 Å². The van der Waals surface area contributed by atoms with Crippen LogP contribution in [0, 0.1) is 17.8 Å². The minimum absolute atomic E-state index is 0.000177. The normalized spacial score (nSPS) is 23.6. The van der Waals surface area contributed by atoms with Gasteiger partial charge in [0.15, 0.2) is 0 Å². The molecule has 0 radical (unpaired) electrons. The third kappa shape index (κ3) is 4.18. The number of amides is 3. The van der Waals surface area contributed by atoms with Crippen molar-refractivity contribution in [2.75, 3.05) is 23.5 Å². The number of methoxy groups -OCH3 is 1. The molecule has 2 aromatic carbocycles. The zero-order valence-electron chi connectivity index (χ0n) is 19.0. The lowest BCUT2D eigenvalue weighted by atomic mass is 9.85. The van der Waals surface area contributed by atoms with Crippen LogP contribution in [0.5, 0.6) is 11.5 Å². The molecule has 0 unspecified atom stereocenters. The molecule has 0 bridgehead atoms. The van der Waals surface area contributed by atoms with E-state index in [-0.39, 0.29) is 48.3 Å². The summed E-state index contributed by atoms with van der Waals surface area (Å²) >= 11 is 6.09. The quantitative estimate of drug-likeness (QED) is 0.272. The van der Waals surface area contributed by atoms with E-state index in [2.05, 4.69) is 0 Å². The molecule has 1 aliphatic carbocycles. The Morgan fingerprint density at radius 2 is 1.63 bits per heavy atom. The van der Waals surface area contributed by atoms with E-state index in [1.165, 1.54) is 16.9 Å². The maximum atomic E-state index is 12.8. The highest BCUT2D eigenvalue weighted by Crippen LogP contribution is 2.38. The number of imide groups is 1. The number of ether oxygens (including phenoxy) is 2. The summed E-state index contributed by atoms with van der Waals surface area (Å²) in [6.07, 6.45) is 5.02. The molecule has 2 fully saturated rings. The molecule has 5 rings (SSSR count). The third-order valence-corrected chi connectivity index (χ3v) is 6.95. The van der Waals surface area contributed by atoms with E-state index < -0.39 is 11.9 Å². The highest BCUT2D eigenvalue weighted by atomic mass is 35.5. The number of carbonyl (C=O) groups is 4. The molecule has 0 saturated carbocycles. The fourth-order valence-electron chi connectivity index (χ4n) is 4.89. The Balaban J connectivity index is 1.26. The Morgan fingerprint density at radius 1 is 0.971 bits per heavy atom. The lowest BCUT2D eigenvalue weighted by molar-refractivity contribution is -0.139. The van der Waals surface area contributed by atoms with Crippen molar-refractivity contribution in [1.82, 2.24) is 0 Å². The molecule has 180 valence electrons. The van der Waals surface area contributed by atoms with Crippen molar-refractivity contribution in [3.8, 4) is 11.5 Å². The van der Waals surface area contributed by atoms with E-state index in [1.54, 1.807) is 42.5 Å². The number of rotatable bonds is 5. The summed E-state index contributed by atoms with van der Waals surface area (Å²) < 4.78 is 10.8. The van der Waals surface area contributed by atoms with Crippen LogP contribution in [-0.2, 0) is 19.2 Å². The monoisotopic (exact) mass is 494 g/mol. The van der Waals surface area contributed by atoms with Crippen LogP contribution in [0.1, 0.15) is 19.3 Å². The molecule has 3 aliphatic rings. The molecule has 3 amide bonds. The molecule has 2 aliphatic heterocycles. The predicted molar refractivity (Wildman–Crippen MR) is 128 cm³/mol. The SMILES string of the molecule is COc1ccc(Cl)cc1N1C[C@H](C(=O)Oc2ccc(N3C(=O)[C@H]4CC=CC[C@H]4C3=O)cc2)CC1=O. The second-order valence-corrected chi connectivity index (χ2v) is 9.24. The number of anilines is 2. The zero-order chi connectivity index (χ0) is 24.7. The van der Waals surface area contributed by atoms with E-state index in [9.17, 15) is 19.2 Å². The van der Waals surface area contributed by atoms with Crippen molar-refractivity contribution < 1.29 is 28.7 Å². The summed E-state index contributed by atoms with van der Waals surface area (Å²) in [5.41, 5.74) is 0.949. The molecule has 8 nitrogen and oxygen atoms in total. The van der Waals surface area contributed by atoms with E-state index in [0.29, 0.717) is 35.0 Å². The molecule has 0 N–H and O–H groups in total. The van der Waals surface area contributed by atoms with E-state index in [1.807, 2.05) is 12.2 Å². The maximum absolute atomic E-state index is 12.8. The fraction of sp³-hybridized carbons (Fsp3) is 0.308. The van der Waals surface area contributed by atoms with Crippen LogP contribution in [0.3, 0.4) is 0 Å². The van der Waals surface area contributed by atoms with Gasteiger partial charge in [-0.1, -0.05) is 23.8 Å². The van der Waals surface area contributed by atoms with Gasteiger partial charge in [-0.3, -0.25) is 24.1 Å². The fourth-order valence-corrected chi connectivity index (χ4v) is 5.06. The van der Waals surface area contributed by atoms with E-state index in [0.717, 1.165) is 0 Å². The van der Waals surface area contributed by atoms with Crippen LogP contribution in [0.25, 0.3) is 0 Å². The summed E-state index contributed by atoms with van der Waals surface area (Å²) in [5.74, 6) is -1.72. The number of esters is 1. The van der Waals surface area contributed by atoms with Gasteiger partial charge in [-0.05, 0) is 55.3 Å². The Hall–Kier alpha value is -3.65. The van der Waals surface area contributed by atoms with Crippen molar-refractivity contribution in [3.05, 3.63) is 59.6 Å². The van der Waals surface area contributed by atoms with Crippen LogP contribution in [0.4, 0.5) is 11.4 Å². The van der Waals surface area contributed by atoms with Crippen molar-refractivity contribution in [2.24, 2.45) is 17.8 Å². The van der Waals surface area contributed by atoms with Gasteiger partial charge in [0.05, 0.1) is 36.2 Å². The number of benzene rings is 2. The van der Waals surface area contributed by atoms with Crippen molar-refractivity contribution in [1.29, 1.82) is 0 Å².